The third-order valence-corrected chi connectivity index (χ3v) is 6.72. The topological polar surface area (TPSA) is 83.8 Å². The lowest BCUT2D eigenvalue weighted by Gasteiger charge is -2.19. The molecule has 0 heterocycles. The number of Topliss-reactive ketones (excluding diaryl/α,β-unsaturated/α-hetero) is 1. The van der Waals surface area contributed by atoms with Gasteiger partial charge in [-0.25, -0.2) is 0 Å². The normalized spacial score (nSPS) is 28.1. The van der Waals surface area contributed by atoms with Gasteiger partial charge in [0, 0.05) is 24.7 Å². The lowest BCUT2D eigenvalue weighted by atomic mass is 9.90. The smallest absolute Gasteiger partial charge is 0.305 e. The van der Waals surface area contributed by atoms with E-state index in [0.29, 0.717) is 12.3 Å². The molecule has 0 amide bonds. The van der Waals surface area contributed by atoms with E-state index < -0.39 is 12.2 Å². The quantitative estimate of drug-likeness (QED) is 0.342. The van der Waals surface area contributed by atoms with Crippen LogP contribution in [0, 0.1) is 17.8 Å². The first-order valence-corrected chi connectivity index (χ1v) is 10.9. The van der Waals surface area contributed by atoms with Crippen molar-refractivity contribution >= 4 is 23.5 Å². The van der Waals surface area contributed by atoms with Crippen molar-refractivity contribution in [2.24, 2.45) is 17.8 Å². The molecule has 2 saturated carbocycles. The van der Waals surface area contributed by atoms with Crippen LogP contribution in [0.15, 0.2) is 12.2 Å². The van der Waals surface area contributed by atoms with Crippen molar-refractivity contribution in [2.45, 2.75) is 63.6 Å². The van der Waals surface area contributed by atoms with Crippen molar-refractivity contribution in [1.29, 1.82) is 0 Å². The fourth-order valence-corrected chi connectivity index (χ4v) is 5.00. The van der Waals surface area contributed by atoms with E-state index in [4.69, 9.17) is 0 Å². The molecule has 0 bridgehead atoms. The van der Waals surface area contributed by atoms with Gasteiger partial charge in [-0.3, -0.25) is 9.59 Å². The summed E-state index contributed by atoms with van der Waals surface area (Å²) in [5.41, 5.74) is 0. The largest absolute Gasteiger partial charge is 0.469 e. The van der Waals surface area contributed by atoms with E-state index in [2.05, 4.69) is 4.74 Å². The molecule has 2 rings (SSSR count). The SMILES string of the molecule is COC(=O)CCCSCC[C@H]1C(=O)C[C@@H](O)[C@@H]1C=C[C@@H](O)C1CCCC1. The first kappa shape index (κ1) is 21.5. The summed E-state index contributed by atoms with van der Waals surface area (Å²) in [4.78, 5) is 23.3. The fourth-order valence-electron chi connectivity index (χ4n) is 4.02. The van der Waals surface area contributed by atoms with Gasteiger partial charge in [0.2, 0.25) is 0 Å². The number of carbonyl (C=O) groups is 2. The number of aliphatic hydroxyl groups excluding tert-OH is 2. The minimum Gasteiger partial charge on any atom is -0.469 e. The number of ether oxygens (including phenoxy) is 1. The van der Waals surface area contributed by atoms with Gasteiger partial charge in [-0.05, 0) is 43.1 Å². The average Bonchev–Trinajstić information content (AvgIpc) is 3.24. The molecule has 0 aromatic carbocycles. The van der Waals surface area contributed by atoms with E-state index in [9.17, 15) is 19.8 Å². The van der Waals surface area contributed by atoms with Crippen LogP contribution >= 0.6 is 11.8 Å². The molecule has 2 fully saturated rings. The second-order valence-electron chi connectivity index (χ2n) is 7.42. The molecule has 26 heavy (non-hydrogen) atoms. The van der Waals surface area contributed by atoms with Crippen LogP contribution in [-0.4, -0.2) is 52.8 Å². The Balaban J connectivity index is 1.75. The summed E-state index contributed by atoms with van der Waals surface area (Å²) >= 11 is 1.73. The molecule has 0 aromatic rings. The molecule has 5 nitrogen and oxygen atoms in total. The number of esters is 1. The van der Waals surface area contributed by atoms with Gasteiger partial charge in [0.15, 0.2) is 0 Å². The Morgan fingerprint density at radius 1 is 1.35 bits per heavy atom. The number of hydrogen-bond donors (Lipinski definition) is 2. The molecule has 0 radical (unpaired) electrons. The average molecular weight is 385 g/mol. The molecule has 0 unspecified atom stereocenters. The molecule has 0 saturated heterocycles. The van der Waals surface area contributed by atoms with Gasteiger partial charge in [0.1, 0.15) is 5.78 Å². The predicted molar refractivity (Wildman–Crippen MR) is 103 cm³/mol. The van der Waals surface area contributed by atoms with E-state index in [-0.39, 0.29) is 30.0 Å². The van der Waals surface area contributed by atoms with Crippen LogP contribution < -0.4 is 0 Å². The Morgan fingerprint density at radius 2 is 2.08 bits per heavy atom. The Hall–Kier alpha value is -0.850. The van der Waals surface area contributed by atoms with E-state index >= 15 is 0 Å². The Kier molecular flexibility index (Phi) is 9.16. The third-order valence-electron chi connectivity index (χ3n) is 5.62. The second-order valence-corrected chi connectivity index (χ2v) is 8.65. The second kappa shape index (κ2) is 11.1. The van der Waals surface area contributed by atoms with Crippen molar-refractivity contribution < 1.29 is 24.5 Å². The number of rotatable bonds is 10. The van der Waals surface area contributed by atoms with Crippen molar-refractivity contribution in [1.82, 2.24) is 0 Å². The molecule has 148 valence electrons. The van der Waals surface area contributed by atoms with Gasteiger partial charge in [0.05, 0.1) is 19.3 Å². The van der Waals surface area contributed by atoms with Crippen LogP contribution in [0.3, 0.4) is 0 Å². The molecular weight excluding hydrogens is 352 g/mol. The van der Waals surface area contributed by atoms with Crippen LogP contribution in [0.5, 0.6) is 0 Å². The van der Waals surface area contributed by atoms with Crippen molar-refractivity contribution in [3.8, 4) is 0 Å². The van der Waals surface area contributed by atoms with Gasteiger partial charge in [-0.15, -0.1) is 0 Å². The fraction of sp³-hybridized carbons (Fsp3) is 0.800. The van der Waals surface area contributed by atoms with Gasteiger partial charge in [0.25, 0.3) is 0 Å². The molecule has 0 spiro atoms. The summed E-state index contributed by atoms with van der Waals surface area (Å²) in [7, 11) is 1.39. The van der Waals surface area contributed by atoms with E-state index in [1.54, 1.807) is 17.8 Å². The van der Waals surface area contributed by atoms with Gasteiger partial charge >= 0.3 is 5.97 Å². The summed E-state index contributed by atoms with van der Waals surface area (Å²) in [5, 5.41) is 20.5. The number of carbonyl (C=O) groups excluding carboxylic acids is 2. The maximum Gasteiger partial charge on any atom is 0.305 e. The summed E-state index contributed by atoms with van der Waals surface area (Å²) in [6.07, 6.45) is 9.20. The maximum absolute atomic E-state index is 12.2. The molecule has 0 aromatic heterocycles. The first-order chi connectivity index (χ1) is 12.5. The summed E-state index contributed by atoms with van der Waals surface area (Å²) in [6.45, 7) is 0. The van der Waals surface area contributed by atoms with Crippen LogP contribution in [0.1, 0.15) is 51.4 Å². The van der Waals surface area contributed by atoms with E-state index in [0.717, 1.165) is 37.2 Å². The Labute approximate surface area is 160 Å². The number of ketones is 1. The van der Waals surface area contributed by atoms with Crippen molar-refractivity contribution in [2.75, 3.05) is 18.6 Å². The molecule has 0 aliphatic heterocycles. The lowest BCUT2D eigenvalue weighted by Crippen LogP contribution is -2.21. The van der Waals surface area contributed by atoms with Gasteiger partial charge < -0.3 is 14.9 Å². The summed E-state index contributed by atoms with van der Waals surface area (Å²) < 4.78 is 4.61. The molecule has 4 atom stereocenters. The van der Waals surface area contributed by atoms with Crippen LogP contribution in [0.25, 0.3) is 0 Å². The Morgan fingerprint density at radius 3 is 2.77 bits per heavy atom. The lowest BCUT2D eigenvalue weighted by molar-refractivity contribution is -0.140. The van der Waals surface area contributed by atoms with Crippen LogP contribution in [0.4, 0.5) is 0 Å². The number of hydrogen-bond acceptors (Lipinski definition) is 6. The zero-order valence-electron chi connectivity index (χ0n) is 15.6. The predicted octanol–water partition coefficient (Wildman–Crippen LogP) is 2.74. The standard InChI is InChI=1S/C20H32O5S/c1-25-20(24)7-4-11-26-12-10-16-15(18(22)13-19(16)23)8-9-17(21)14-5-2-3-6-14/h8-9,14-18,21-22H,2-7,10-13H2,1H3/t15-,16-,17-,18-/m1/s1. The zero-order chi connectivity index (χ0) is 18.9. The molecule has 2 aliphatic carbocycles. The van der Waals surface area contributed by atoms with E-state index in [1.165, 1.54) is 20.0 Å². The van der Waals surface area contributed by atoms with Gasteiger partial charge in [-0.2, -0.15) is 11.8 Å². The molecule has 2 N–H and O–H groups in total. The monoisotopic (exact) mass is 384 g/mol. The highest BCUT2D eigenvalue weighted by Crippen LogP contribution is 2.35. The molecule has 6 heteroatoms. The Bertz CT molecular complexity index is 487. The minimum atomic E-state index is -0.635. The highest BCUT2D eigenvalue weighted by Gasteiger charge is 2.39. The van der Waals surface area contributed by atoms with Gasteiger partial charge in [-0.1, -0.05) is 25.0 Å². The highest BCUT2D eigenvalue weighted by molar-refractivity contribution is 7.99. The van der Waals surface area contributed by atoms with Crippen LogP contribution in [-0.2, 0) is 14.3 Å². The van der Waals surface area contributed by atoms with Crippen molar-refractivity contribution in [3.63, 3.8) is 0 Å². The number of thioether (sulfide) groups is 1. The minimum absolute atomic E-state index is 0.123. The third kappa shape index (κ3) is 6.39. The zero-order valence-corrected chi connectivity index (χ0v) is 16.5. The number of aliphatic hydroxyl groups is 2. The molecule has 2 aliphatic rings. The first-order valence-electron chi connectivity index (χ1n) is 9.74. The maximum atomic E-state index is 12.2. The van der Waals surface area contributed by atoms with Crippen LogP contribution in [0.2, 0.25) is 0 Å². The molecular formula is C20H32O5S. The highest BCUT2D eigenvalue weighted by atomic mass is 32.2. The van der Waals surface area contributed by atoms with E-state index in [1.807, 2.05) is 6.08 Å². The summed E-state index contributed by atoms with van der Waals surface area (Å²) in [6, 6.07) is 0. The number of methoxy groups -OCH3 is 1. The summed E-state index contributed by atoms with van der Waals surface area (Å²) in [5.74, 6) is 1.60. The van der Waals surface area contributed by atoms with Crippen molar-refractivity contribution in [3.05, 3.63) is 12.2 Å².